The van der Waals surface area contributed by atoms with Gasteiger partial charge >= 0.3 is 0 Å². The fraction of sp³-hybridized carbons (Fsp3) is 0.632. The fourth-order valence-corrected chi connectivity index (χ4v) is 4.60. The van der Waals surface area contributed by atoms with E-state index in [1.165, 1.54) is 0 Å². The number of carbonyl (C=O) groups is 1. The summed E-state index contributed by atoms with van der Waals surface area (Å²) in [5, 5.41) is 0. The van der Waals surface area contributed by atoms with Crippen molar-refractivity contribution in [3.63, 3.8) is 0 Å². The topological polar surface area (TPSA) is 69.7 Å². The highest BCUT2D eigenvalue weighted by molar-refractivity contribution is 7.88. The van der Waals surface area contributed by atoms with Gasteiger partial charge in [0.2, 0.25) is 15.9 Å². The van der Waals surface area contributed by atoms with E-state index in [2.05, 4.69) is 9.62 Å². The van der Waals surface area contributed by atoms with Gasteiger partial charge in [0.25, 0.3) is 0 Å². The summed E-state index contributed by atoms with van der Waals surface area (Å²) in [6.45, 7) is 8.81. The first kappa shape index (κ1) is 20.9. The minimum absolute atomic E-state index is 0.107. The molecule has 7 heteroatoms. The third-order valence-electron chi connectivity index (χ3n) is 4.75. The number of piperazine rings is 1. The molecular formula is C19H31N3O3S. The molecule has 146 valence electrons. The summed E-state index contributed by atoms with van der Waals surface area (Å²) in [5.41, 5.74) is 1.69. The number of sulfonamides is 1. The molecule has 0 bridgehead atoms. The molecule has 0 aromatic heterocycles. The highest BCUT2D eigenvalue weighted by atomic mass is 32.2. The monoisotopic (exact) mass is 381 g/mol. The quantitative estimate of drug-likeness (QED) is 0.779. The number of amides is 1. The maximum Gasteiger partial charge on any atom is 0.240 e. The molecule has 1 aromatic carbocycles. The van der Waals surface area contributed by atoms with Gasteiger partial charge in [0.1, 0.15) is 6.04 Å². The van der Waals surface area contributed by atoms with E-state index in [4.69, 9.17) is 0 Å². The number of nitrogens with zero attached hydrogens (tertiary/aromatic N) is 2. The van der Waals surface area contributed by atoms with Crippen LogP contribution in [0.3, 0.4) is 0 Å². The number of carbonyl (C=O) groups excluding carboxylic acids is 1. The van der Waals surface area contributed by atoms with Crippen LogP contribution in [0.25, 0.3) is 0 Å². The Labute approximate surface area is 157 Å². The fourth-order valence-electron chi connectivity index (χ4n) is 3.15. The second-order valence-corrected chi connectivity index (χ2v) is 9.37. The van der Waals surface area contributed by atoms with E-state index in [1.54, 1.807) is 4.90 Å². The molecule has 0 unspecified atom stereocenters. The van der Waals surface area contributed by atoms with Crippen molar-refractivity contribution < 1.29 is 13.2 Å². The van der Waals surface area contributed by atoms with Crippen LogP contribution in [0.5, 0.6) is 0 Å². The van der Waals surface area contributed by atoms with Crippen LogP contribution in [0.15, 0.2) is 24.3 Å². The summed E-state index contributed by atoms with van der Waals surface area (Å²) in [7, 11) is -1.58. The molecule has 0 saturated carbocycles. The van der Waals surface area contributed by atoms with Gasteiger partial charge in [0.15, 0.2) is 0 Å². The average molecular weight is 382 g/mol. The van der Waals surface area contributed by atoms with Crippen LogP contribution in [0.1, 0.15) is 31.4 Å². The molecule has 1 saturated heterocycles. The molecule has 1 aliphatic rings. The van der Waals surface area contributed by atoms with Crippen molar-refractivity contribution in [3.8, 4) is 0 Å². The van der Waals surface area contributed by atoms with Crippen molar-refractivity contribution in [3.05, 3.63) is 35.4 Å². The van der Waals surface area contributed by atoms with Gasteiger partial charge in [0.05, 0.1) is 5.75 Å². The predicted octanol–water partition coefficient (Wildman–Crippen LogP) is 1.60. The van der Waals surface area contributed by atoms with E-state index in [0.717, 1.165) is 24.2 Å². The Hall–Kier alpha value is -1.44. The zero-order valence-corrected chi connectivity index (χ0v) is 17.1. The number of rotatable bonds is 7. The summed E-state index contributed by atoms with van der Waals surface area (Å²) in [6, 6.07) is 6.73. The summed E-state index contributed by atoms with van der Waals surface area (Å²) in [5.74, 6) is 0.00215. The molecule has 6 nitrogen and oxygen atoms in total. The number of aryl methyl sites for hydroxylation is 1. The van der Waals surface area contributed by atoms with E-state index in [-0.39, 0.29) is 17.6 Å². The lowest BCUT2D eigenvalue weighted by Gasteiger charge is -2.35. The Morgan fingerprint density at radius 2 is 1.77 bits per heavy atom. The molecule has 1 aliphatic heterocycles. The van der Waals surface area contributed by atoms with Gasteiger partial charge in [-0.3, -0.25) is 4.79 Å². The molecule has 1 amide bonds. The Kier molecular flexibility index (Phi) is 7.20. The van der Waals surface area contributed by atoms with Crippen LogP contribution >= 0.6 is 0 Å². The first-order valence-corrected chi connectivity index (χ1v) is 10.8. The van der Waals surface area contributed by atoms with Crippen LogP contribution < -0.4 is 4.72 Å². The zero-order valence-electron chi connectivity index (χ0n) is 16.2. The van der Waals surface area contributed by atoms with Gasteiger partial charge in [-0.1, -0.05) is 38.1 Å². The standard InChI is InChI=1S/C19H31N3O3S/c1-15(2)13-18(19(23)22-11-9-21(4)10-12-22)20-26(24,25)14-17-8-6-5-7-16(17)3/h5-8,15,18,20H,9-14H2,1-4H3/t18-/m1/s1. The number of likely N-dealkylation sites (N-methyl/N-ethyl adjacent to an activating group) is 1. The molecule has 1 N–H and O–H groups in total. The summed E-state index contributed by atoms with van der Waals surface area (Å²) < 4.78 is 28.1. The maximum atomic E-state index is 12.9. The maximum absolute atomic E-state index is 12.9. The first-order chi connectivity index (χ1) is 12.2. The SMILES string of the molecule is Cc1ccccc1CS(=O)(=O)N[C@H](CC(C)C)C(=O)N1CCN(C)CC1. The highest BCUT2D eigenvalue weighted by Gasteiger charge is 2.30. The lowest BCUT2D eigenvalue weighted by Crippen LogP contribution is -2.54. The zero-order chi connectivity index (χ0) is 19.3. The molecule has 0 radical (unpaired) electrons. The number of benzene rings is 1. The van der Waals surface area contributed by atoms with E-state index >= 15 is 0 Å². The van der Waals surface area contributed by atoms with Crippen molar-refractivity contribution >= 4 is 15.9 Å². The van der Waals surface area contributed by atoms with E-state index < -0.39 is 16.1 Å². The number of nitrogens with one attached hydrogen (secondary N) is 1. The highest BCUT2D eigenvalue weighted by Crippen LogP contribution is 2.15. The molecule has 0 aliphatic carbocycles. The van der Waals surface area contributed by atoms with E-state index in [1.807, 2.05) is 52.1 Å². The number of hydrogen-bond acceptors (Lipinski definition) is 4. The third-order valence-corrected chi connectivity index (χ3v) is 6.08. The Balaban J connectivity index is 2.11. The summed E-state index contributed by atoms with van der Waals surface area (Å²) in [6.07, 6.45) is 0.498. The second-order valence-electron chi connectivity index (χ2n) is 7.61. The molecule has 2 rings (SSSR count). The number of hydrogen-bond donors (Lipinski definition) is 1. The second kappa shape index (κ2) is 8.97. The average Bonchev–Trinajstić information content (AvgIpc) is 2.55. The Bertz CT molecular complexity index is 710. The minimum atomic E-state index is -3.60. The van der Waals surface area contributed by atoms with Gasteiger partial charge in [-0.25, -0.2) is 13.1 Å². The molecule has 1 atom stereocenters. The lowest BCUT2D eigenvalue weighted by molar-refractivity contribution is -0.135. The van der Waals surface area contributed by atoms with E-state index in [0.29, 0.717) is 19.5 Å². The van der Waals surface area contributed by atoms with Gasteiger partial charge in [-0.2, -0.15) is 0 Å². The lowest BCUT2D eigenvalue weighted by atomic mass is 10.0. The summed E-state index contributed by atoms with van der Waals surface area (Å²) in [4.78, 5) is 16.9. The Morgan fingerprint density at radius 3 is 2.35 bits per heavy atom. The van der Waals surface area contributed by atoms with Crippen molar-refractivity contribution in [1.29, 1.82) is 0 Å². The molecule has 26 heavy (non-hydrogen) atoms. The van der Waals surface area contributed by atoms with Crippen molar-refractivity contribution in [2.24, 2.45) is 5.92 Å². The van der Waals surface area contributed by atoms with Crippen LogP contribution in [-0.2, 0) is 20.6 Å². The van der Waals surface area contributed by atoms with Crippen LogP contribution in [-0.4, -0.2) is 63.4 Å². The molecule has 1 fully saturated rings. The Morgan fingerprint density at radius 1 is 1.15 bits per heavy atom. The minimum Gasteiger partial charge on any atom is -0.339 e. The molecule has 1 aromatic rings. The van der Waals surface area contributed by atoms with Crippen LogP contribution in [0.2, 0.25) is 0 Å². The summed E-state index contributed by atoms with van der Waals surface area (Å²) >= 11 is 0. The smallest absolute Gasteiger partial charge is 0.240 e. The van der Waals surface area contributed by atoms with Gasteiger partial charge in [-0.15, -0.1) is 0 Å². The van der Waals surface area contributed by atoms with Crippen molar-refractivity contribution in [2.45, 2.75) is 39.0 Å². The molecule has 0 spiro atoms. The third kappa shape index (κ3) is 6.07. The van der Waals surface area contributed by atoms with Gasteiger partial charge < -0.3 is 9.80 Å². The predicted molar refractivity (Wildman–Crippen MR) is 104 cm³/mol. The first-order valence-electron chi connectivity index (χ1n) is 9.20. The van der Waals surface area contributed by atoms with Crippen molar-refractivity contribution in [2.75, 3.05) is 33.2 Å². The normalized spacial score (nSPS) is 17.5. The van der Waals surface area contributed by atoms with Gasteiger partial charge in [-0.05, 0) is 37.4 Å². The molecule has 1 heterocycles. The van der Waals surface area contributed by atoms with Crippen LogP contribution in [0.4, 0.5) is 0 Å². The molecular weight excluding hydrogens is 350 g/mol. The van der Waals surface area contributed by atoms with E-state index in [9.17, 15) is 13.2 Å². The largest absolute Gasteiger partial charge is 0.339 e. The van der Waals surface area contributed by atoms with Crippen molar-refractivity contribution in [1.82, 2.24) is 14.5 Å². The van der Waals surface area contributed by atoms with Gasteiger partial charge in [0, 0.05) is 26.2 Å². The van der Waals surface area contributed by atoms with Crippen LogP contribution in [0, 0.1) is 12.8 Å².